The predicted octanol–water partition coefficient (Wildman–Crippen LogP) is 6.32. The molecule has 0 saturated heterocycles. The van der Waals surface area contributed by atoms with Gasteiger partial charge in [0.05, 0.1) is 21.4 Å². The molecule has 0 atom stereocenters. The number of amides is 1. The van der Waals surface area contributed by atoms with Crippen LogP contribution in [-0.2, 0) is 0 Å². The summed E-state index contributed by atoms with van der Waals surface area (Å²) < 4.78 is 0. The van der Waals surface area contributed by atoms with Gasteiger partial charge in [-0.3, -0.25) is 9.59 Å². The molecule has 2 N–H and O–H groups in total. The van der Waals surface area contributed by atoms with E-state index in [0.29, 0.717) is 21.8 Å². The van der Waals surface area contributed by atoms with Crippen molar-refractivity contribution in [3.63, 3.8) is 0 Å². The minimum absolute atomic E-state index is 0.109. The highest BCUT2D eigenvalue weighted by Crippen LogP contribution is 2.35. The van der Waals surface area contributed by atoms with Gasteiger partial charge >= 0.3 is 0 Å². The molecule has 0 radical (unpaired) electrons. The van der Waals surface area contributed by atoms with Gasteiger partial charge in [-0.05, 0) is 17.7 Å². The summed E-state index contributed by atoms with van der Waals surface area (Å²) in [5.74, 6) is -0.675. The maximum atomic E-state index is 13.3. The van der Waals surface area contributed by atoms with Crippen molar-refractivity contribution in [2.75, 3.05) is 5.32 Å². The van der Waals surface area contributed by atoms with Gasteiger partial charge in [0.15, 0.2) is 0 Å². The van der Waals surface area contributed by atoms with Crippen LogP contribution in [0.1, 0.15) is 10.4 Å². The molecule has 31 heavy (non-hydrogen) atoms. The molecule has 3 aromatic carbocycles. The monoisotopic (exact) mass is 469 g/mol. The Labute approximate surface area is 192 Å². The molecule has 0 unspecified atom stereocenters. The Morgan fingerprint density at radius 3 is 1.97 bits per heavy atom. The molecule has 154 valence electrons. The second-order valence-corrected chi connectivity index (χ2v) is 7.83. The van der Waals surface area contributed by atoms with Crippen molar-refractivity contribution in [2.24, 2.45) is 0 Å². The predicted molar refractivity (Wildman–Crippen MR) is 125 cm³/mol. The molecule has 0 aliphatic carbocycles. The molecule has 8 heteroatoms. The van der Waals surface area contributed by atoms with E-state index in [1.54, 1.807) is 0 Å². The molecular formula is C23H14Cl3N3O2. The summed E-state index contributed by atoms with van der Waals surface area (Å²) in [6.07, 6.45) is 0. The lowest BCUT2D eigenvalue weighted by Crippen LogP contribution is -2.26. The van der Waals surface area contributed by atoms with E-state index >= 15 is 0 Å². The summed E-state index contributed by atoms with van der Waals surface area (Å²) in [4.78, 5) is 26.1. The van der Waals surface area contributed by atoms with Crippen LogP contribution in [0.2, 0.25) is 15.1 Å². The van der Waals surface area contributed by atoms with Gasteiger partial charge in [-0.15, -0.1) is 0 Å². The van der Waals surface area contributed by atoms with E-state index < -0.39 is 11.5 Å². The molecule has 1 aromatic heterocycles. The second kappa shape index (κ2) is 8.94. The highest BCUT2D eigenvalue weighted by molar-refractivity contribution is 6.42. The zero-order chi connectivity index (χ0) is 22.0. The van der Waals surface area contributed by atoms with Gasteiger partial charge in [-0.2, -0.15) is 5.10 Å². The van der Waals surface area contributed by atoms with Crippen LogP contribution in [0.25, 0.3) is 22.4 Å². The number of carbonyl (C=O) groups is 1. The van der Waals surface area contributed by atoms with Gasteiger partial charge in [0.2, 0.25) is 0 Å². The van der Waals surface area contributed by atoms with E-state index in [4.69, 9.17) is 34.8 Å². The number of hydrogen-bond donors (Lipinski definition) is 2. The van der Waals surface area contributed by atoms with Crippen LogP contribution in [0.5, 0.6) is 0 Å². The van der Waals surface area contributed by atoms with Crippen molar-refractivity contribution in [3.05, 3.63) is 104 Å². The standard InChI is InChI=1S/C23H14Cl3N3O2/c24-15-11-16(25)21(17(26)12-15)27-22(30)19-18(13-7-3-1-4-8-13)20(28-29-23(19)31)14-9-5-2-6-10-14/h1-12H,(H,27,30)(H,29,31). The first-order valence-corrected chi connectivity index (χ1v) is 10.3. The first-order valence-electron chi connectivity index (χ1n) is 9.15. The molecule has 0 spiro atoms. The summed E-state index contributed by atoms with van der Waals surface area (Å²) in [5.41, 5.74) is 1.68. The Balaban J connectivity index is 1.92. The smallest absolute Gasteiger partial charge is 0.277 e. The summed E-state index contributed by atoms with van der Waals surface area (Å²) in [6, 6.07) is 21.3. The van der Waals surface area contributed by atoms with Crippen molar-refractivity contribution in [1.29, 1.82) is 0 Å². The fourth-order valence-electron chi connectivity index (χ4n) is 3.20. The van der Waals surface area contributed by atoms with Gasteiger partial charge in [-0.25, -0.2) is 5.10 Å². The third-order valence-corrected chi connectivity index (χ3v) is 5.38. The van der Waals surface area contributed by atoms with Gasteiger partial charge in [0, 0.05) is 16.1 Å². The van der Waals surface area contributed by atoms with Crippen LogP contribution in [0.4, 0.5) is 5.69 Å². The van der Waals surface area contributed by atoms with E-state index in [0.717, 1.165) is 5.56 Å². The van der Waals surface area contributed by atoms with Crippen molar-refractivity contribution < 1.29 is 4.79 Å². The third-order valence-electron chi connectivity index (χ3n) is 4.57. The van der Waals surface area contributed by atoms with E-state index in [1.807, 2.05) is 60.7 Å². The number of halogens is 3. The molecule has 0 saturated carbocycles. The van der Waals surface area contributed by atoms with Gasteiger partial charge in [0.25, 0.3) is 11.5 Å². The lowest BCUT2D eigenvalue weighted by Gasteiger charge is -2.15. The number of rotatable bonds is 4. The number of benzene rings is 3. The van der Waals surface area contributed by atoms with E-state index in [-0.39, 0.29) is 21.3 Å². The Kier molecular flexibility index (Phi) is 6.09. The summed E-state index contributed by atoms with van der Waals surface area (Å²) in [7, 11) is 0. The van der Waals surface area contributed by atoms with Gasteiger partial charge in [0.1, 0.15) is 5.56 Å². The van der Waals surface area contributed by atoms with E-state index in [1.165, 1.54) is 12.1 Å². The topological polar surface area (TPSA) is 74.8 Å². The number of nitrogens with zero attached hydrogens (tertiary/aromatic N) is 1. The minimum atomic E-state index is -0.675. The Hall–Kier alpha value is -3.12. The normalized spacial score (nSPS) is 10.7. The van der Waals surface area contributed by atoms with Gasteiger partial charge in [-0.1, -0.05) is 95.5 Å². The SMILES string of the molecule is O=C(Nc1c(Cl)cc(Cl)cc1Cl)c1c(-c2ccccc2)c(-c2ccccc2)n[nH]c1=O. The van der Waals surface area contributed by atoms with Crippen molar-refractivity contribution in [1.82, 2.24) is 10.2 Å². The molecule has 1 heterocycles. The zero-order valence-electron chi connectivity index (χ0n) is 15.8. The zero-order valence-corrected chi connectivity index (χ0v) is 18.1. The van der Waals surface area contributed by atoms with E-state index in [9.17, 15) is 9.59 Å². The minimum Gasteiger partial charge on any atom is -0.319 e. The number of aromatic nitrogens is 2. The third kappa shape index (κ3) is 4.35. The van der Waals surface area contributed by atoms with Crippen molar-refractivity contribution in [3.8, 4) is 22.4 Å². The molecule has 1 amide bonds. The second-order valence-electron chi connectivity index (χ2n) is 6.58. The number of carbonyl (C=O) groups excluding carboxylic acids is 1. The first kappa shape index (κ1) is 21.1. The van der Waals surface area contributed by atoms with Crippen LogP contribution >= 0.6 is 34.8 Å². The maximum Gasteiger partial charge on any atom is 0.277 e. The summed E-state index contributed by atoms with van der Waals surface area (Å²) in [5, 5.41) is 9.94. The highest BCUT2D eigenvalue weighted by atomic mass is 35.5. The quantitative estimate of drug-likeness (QED) is 0.367. The molecule has 4 rings (SSSR count). The molecule has 0 aliphatic rings. The number of aromatic amines is 1. The molecule has 0 bridgehead atoms. The van der Waals surface area contributed by atoms with Crippen LogP contribution in [0, 0.1) is 0 Å². The summed E-state index contributed by atoms with van der Waals surface area (Å²) >= 11 is 18.4. The average molecular weight is 471 g/mol. The first-order chi connectivity index (χ1) is 15.0. The number of H-pyrrole nitrogens is 1. The number of anilines is 1. The number of hydrogen-bond acceptors (Lipinski definition) is 3. The fourth-order valence-corrected chi connectivity index (χ4v) is 4.11. The lowest BCUT2D eigenvalue weighted by atomic mass is 9.95. The van der Waals surface area contributed by atoms with Crippen LogP contribution in [0.3, 0.4) is 0 Å². The van der Waals surface area contributed by atoms with Crippen LogP contribution in [-0.4, -0.2) is 16.1 Å². The van der Waals surface area contributed by atoms with Crippen molar-refractivity contribution in [2.45, 2.75) is 0 Å². The molecule has 5 nitrogen and oxygen atoms in total. The van der Waals surface area contributed by atoms with Crippen LogP contribution in [0.15, 0.2) is 77.6 Å². The average Bonchev–Trinajstić information content (AvgIpc) is 2.77. The van der Waals surface area contributed by atoms with Gasteiger partial charge < -0.3 is 5.32 Å². The Morgan fingerprint density at radius 2 is 1.39 bits per heavy atom. The Bertz CT molecular complexity index is 1300. The molecule has 4 aromatic rings. The molecular weight excluding hydrogens is 457 g/mol. The molecule has 0 fully saturated rings. The maximum absolute atomic E-state index is 13.3. The number of nitrogens with one attached hydrogen (secondary N) is 2. The Morgan fingerprint density at radius 1 is 0.839 bits per heavy atom. The fraction of sp³-hybridized carbons (Fsp3) is 0. The highest BCUT2D eigenvalue weighted by Gasteiger charge is 2.24. The molecule has 0 aliphatic heterocycles. The summed E-state index contributed by atoms with van der Waals surface area (Å²) in [6.45, 7) is 0. The largest absolute Gasteiger partial charge is 0.319 e. The van der Waals surface area contributed by atoms with Crippen molar-refractivity contribution >= 4 is 46.4 Å². The van der Waals surface area contributed by atoms with Crippen LogP contribution < -0.4 is 10.9 Å². The lowest BCUT2D eigenvalue weighted by molar-refractivity contribution is 0.102. The van der Waals surface area contributed by atoms with E-state index in [2.05, 4.69) is 15.5 Å².